The van der Waals surface area contributed by atoms with Gasteiger partial charge in [-0.15, -0.1) is 0 Å². The molecule has 20 heavy (non-hydrogen) atoms. The Balaban J connectivity index is 2.35. The zero-order valence-electron chi connectivity index (χ0n) is 11.4. The van der Waals surface area contributed by atoms with Crippen molar-refractivity contribution >= 4 is 21.5 Å². The van der Waals surface area contributed by atoms with Crippen LogP contribution in [0.5, 0.6) is 0 Å². The fraction of sp³-hybridized carbons (Fsp3) is 0.583. The highest BCUT2D eigenvalue weighted by molar-refractivity contribution is 7.91. The second kappa shape index (κ2) is 5.51. The SMILES string of the molecule is CCNc1nc(N2CCS(=O)(=O)CC2C)c(F)cc1F. The van der Waals surface area contributed by atoms with Crippen LogP contribution in [0.4, 0.5) is 20.4 Å². The summed E-state index contributed by atoms with van der Waals surface area (Å²) in [5.74, 6) is -1.68. The van der Waals surface area contributed by atoms with E-state index in [1.165, 1.54) is 0 Å². The maximum atomic E-state index is 13.9. The molecule has 1 aliphatic rings. The molecule has 0 radical (unpaired) electrons. The average molecular weight is 305 g/mol. The van der Waals surface area contributed by atoms with Gasteiger partial charge in [0.05, 0.1) is 11.5 Å². The lowest BCUT2D eigenvalue weighted by atomic mass is 10.3. The minimum atomic E-state index is -3.10. The van der Waals surface area contributed by atoms with E-state index in [0.717, 1.165) is 6.07 Å². The smallest absolute Gasteiger partial charge is 0.168 e. The second-order valence-corrected chi connectivity index (χ2v) is 7.04. The quantitative estimate of drug-likeness (QED) is 0.915. The number of rotatable bonds is 3. The summed E-state index contributed by atoms with van der Waals surface area (Å²) in [7, 11) is -3.10. The summed E-state index contributed by atoms with van der Waals surface area (Å²) >= 11 is 0. The molecule has 1 atom stereocenters. The summed E-state index contributed by atoms with van der Waals surface area (Å²) in [6.45, 7) is 4.08. The second-order valence-electron chi connectivity index (χ2n) is 4.81. The van der Waals surface area contributed by atoms with Crippen LogP contribution in [0.1, 0.15) is 13.8 Å². The number of halogens is 2. The first-order valence-electron chi connectivity index (χ1n) is 6.41. The van der Waals surface area contributed by atoms with Crippen molar-refractivity contribution in [1.82, 2.24) is 4.98 Å². The van der Waals surface area contributed by atoms with Crippen LogP contribution in [0, 0.1) is 11.6 Å². The van der Waals surface area contributed by atoms with Gasteiger partial charge in [-0.05, 0) is 13.8 Å². The standard InChI is InChI=1S/C12H17F2N3O2S/c1-3-15-11-9(13)6-10(14)12(16-11)17-4-5-20(18,19)7-8(17)2/h6,8H,3-5,7H2,1-2H3,(H,15,16). The largest absolute Gasteiger partial charge is 0.368 e. The van der Waals surface area contributed by atoms with Crippen LogP contribution in [0.15, 0.2) is 6.07 Å². The molecule has 5 nitrogen and oxygen atoms in total. The summed E-state index contributed by atoms with van der Waals surface area (Å²) in [6.07, 6.45) is 0. The van der Waals surface area contributed by atoms with Crippen molar-refractivity contribution in [1.29, 1.82) is 0 Å². The maximum Gasteiger partial charge on any atom is 0.168 e. The van der Waals surface area contributed by atoms with Crippen LogP contribution in [0.25, 0.3) is 0 Å². The van der Waals surface area contributed by atoms with Crippen molar-refractivity contribution in [3.8, 4) is 0 Å². The zero-order chi connectivity index (χ0) is 14.9. The molecule has 0 saturated carbocycles. The molecule has 1 saturated heterocycles. The van der Waals surface area contributed by atoms with Crippen LogP contribution < -0.4 is 10.2 Å². The van der Waals surface area contributed by atoms with E-state index in [9.17, 15) is 17.2 Å². The molecule has 0 spiro atoms. The molecule has 1 fully saturated rings. The molecule has 1 N–H and O–H groups in total. The number of nitrogens with one attached hydrogen (secondary N) is 1. The third-order valence-corrected chi connectivity index (χ3v) is 4.99. The van der Waals surface area contributed by atoms with Crippen molar-refractivity contribution in [2.45, 2.75) is 19.9 Å². The van der Waals surface area contributed by atoms with Gasteiger partial charge < -0.3 is 10.2 Å². The Labute approximate surface area is 116 Å². The lowest BCUT2D eigenvalue weighted by molar-refractivity contribution is 0.544. The molecule has 0 bridgehead atoms. The molecule has 2 heterocycles. The molecule has 1 aliphatic heterocycles. The van der Waals surface area contributed by atoms with Gasteiger partial charge >= 0.3 is 0 Å². The fourth-order valence-electron chi connectivity index (χ4n) is 2.26. The molecule has 2 rings (SSSR count). The third kappa shape index (κ3) is 3.00. The summed E-state index contributed by atoms with van der Waals surface area (Å²) in [5.41, 5.74) is 0. The first-order valence-corrected chi connectivity index (χ1v) is 8.23. The predicted molar refractivity (Wildman–Crippen MR) is 73.8 cm³/mol. The molecular formula is C12H17F2N3O2S. The molecule has 8 heteroatoms. The first kappa shape index (κ1) is 15.0. The number of hydrogen-bond acceptors (Lipinski definition) is 5. The van der Waals surface area contributed by atoms with Gasteiger partial charge in [0.15, 0.2) is 33.1 Å². The van der Waals surface area contributed by atoms with Crippen LogP contribution in [-0.2, 0) is 9.84 Å². The van der Waals surface area contributed by atoms with E-state index in [4.69, 9.17) is 0 Å². The summed E-state index contributed by atoms with van der Waals surface area (Å²) in [6, 6.07) is 0.381. The Kier molecular flexibility index (Phi) is 4.12. The molecule has 0 aromatic carbocycles. The zero-order valence-corrected chi connectivity index (χ0v) is 12.2. The highest BCUT2D eigenvalue weighted by Crippen LogP contribution is 2.26. The number of hydrogen-bond donors (Lipinski definition) is 1. The molecular weight excluding hydrogens is 288 g/mol. The summed E-state index contributed by atoms with van der Waals surface area (Å²) in [4.78, 5) is 5.52. The first-order chi connectivity index (χ1) is 9.34. The number of anilines is 2. The van der Waals surface area contributed by atoms with E-state index in [0.29, 0.717) is 6.54 Å². The minimum Gasteiger partial charge on any atom is -0.368 e. The van der Waals surface area contributed by atoms with E-state index in [1.807, 2.05) is 0 Å². The van der Waals surface area contributed by atoms with Crippen LogP contribution in [0.2, 0.25) is 0 Å². The molecule has 1 unspecified atom stereocenters. The van der Waals surface area contributed by atoms with E-state index >= 15 is 0 Å². The summed E-state index contributed by atoms with van der Waals surface area (Å²) in [5, 5.41) is 2.72. The van der Waals surface area contributed by atoms with Gasteiger partial charge in [-0.1, -0.05) is 0 Å². The van der Waals surface area contributed by atoms with Gasteiger partial charge in [0.1, 0.15) is 0 Å². The van der Waals surface area contributed by atoms with Gasteiger partial charge in [-0.3, -0.25) is 0 Å². The van der Waals surface area contributed by atoms with Crippen molar-refractivity contribution in [2.75, 3.05) is 34.8 Å². The van der Waals surface area contributed by atoms with Crippen molar-refractivity contribution in [3.05, 3.63) is 17.7 Å². The Morgan fingerprint density at radius 3 is 2.75 bits per heavy atom. The minimum absolute atomic E-state index is 0.00949. The van der Waals surface area contributed by atoms with E-state index in [1.54, 1.807) is 18.7 Å². The van der Waals surface area contributed by atoms with Gasteiger partial charge in [-0.2, -0.15) is 0 Å². The highest BCUT2D eigenvalue weighted by Gasteiger charge is 2.31. The third-order valence-electron chi connectivity index (χ3n) is 3.20. The van der Waals surface area contributed by atoms with Crippen LogP contribution >= 0.6 is 0 Å². The monoisotopic (exact) mass is 305 g/mol. The Bertz CT molecular complexity index is 607. The van der Waals surface area contributed by atoms with Gasteiger partial charge in [0.2, 0.25) is 0 Å². The number of nitrogens with zero attached hydrogens (tertiary/aromatic N) is 2. The topological polar surface area (TPSA) is 62.3 Å². The van der Waals surface area contributed by atoms with E-state index in [-0.39, 0.29) is 29.7 Å². The average Bonchev–Trinajstić information content (AvgIpc) is 2.33. The van der Waals surface area contributed by atoms with Crippen LogP contribution in [0.3, 0.4) is 0 Å². The fourth-order valence-corrected chi connectivity index (χ4v) is 3.82. The Hall–Kier alpha value is -1.44. The normalized spacial score (nSPS) is 21.8. The Morgan fingerprint density at radius 1 is 1.45 bits per heavy atom. The maximum absolute atomic E-state index is 13.9. The lowest BCUT2D eigenvalue weighted by Crippen LogP contribution is -2.47. The number of sulfone groups is 1. The lowest BCUT2D eigenvalue weighted by Gasteiger charge is -2.34. The predicted octanol–water partition coefficient (Wildman–Crippen LogP) is 1.41. The van der Waals surface area contributed by atoms with E-state index in [2.05, 4.69) is 10.3 Å². The number of pyridine rings is 1. The van der Waals surface area contributed by atoms with Gasteiger partial charge in [0.25, 0.3) is 0 Å². The highest BCUT2D eigenvalue weighted by atomic mass is 32.2. The van der Waals surface area contributed by atoms with Gasteiger partial charge in [-0.25, -0.2) is 22.2 Å². The molecule has 112 valence electrons. The molecule has 0 amide bonds. The summed E-state index contributed by atoms with van der Waals surface area (Å²) < 4.78 is 50.5. The molecule has 1 aromatic rings. The van der Waals surface area contributed by atoms with E-state index < -0.39 is 27.5 Å². The van der Waals surface area contributed by atoms with Crippen molar-refractivity contribution in [3.63, 3.8) is 0 Å². The number of aromatic nitrogens is 1. The van der Waals surface area contributed by atoms with Crippen molar-refractivity contribution < 1.29 is 17.2 Å². The van der Waals surface area contributed by atoms with Crippen LogP contribution in [-0.4, -0.2) is 44.0 Å². The molecule has 1 aromatic heterocycles. The van der Waals surface area contributed by atoms with Gasteiger partial charge in [0, 0.05) is 25.2 Å². The Morgan fingerprint density at radius 2 is 2.15 bits per heavy atom. The molecule has 0 aliphatic carbocycles. The van der Waals surface area contributed by atoms with Crippen molar-refractivity contribution in [2.24, 2.45) is 0 Å².